The van der Waals surface area contributed by atoms with Crippen LogP contribution in [0.5, 0.6) is 0 Å². The van der Waals surface area contributed by atoms with E-state index in [1.165, 1.54) is 5.56 Å². The van der Waals surface area contributed by atoms with Gasteiger partial charge in [0.25, 0.3) is 0 Å². The summed E-state index contributed by atoms with van der Waals surface area (Å²) in [5.74, 6) is 1.26. The van der Waals surface area contributed by atoms with E-state index in [2.05, 4.69) is 46.2 Å². The largest absolute Gasteiger partial charge is 0.341 e. The van der Waals surface area contributed by atoms with E-state index in [9.17, 15) is 4.79 Å². The number of aryl methyl sites for hydroxylation is 1. The van der Waals surface area contributed by atoms with Crippen molar-refractivity contribution in [3.8, 4) is 11.4 Å². The quantitative estimate of drug-likeness (QED) is 0.564. The number of benzene rings is 2. The molecule has 0 N–H and O–H groups in total. The van der Waals surface area contributed by atoms with E-state index in [-0.39, 0.29) is 11.8 Å². The second-order valence-corrected chi connectivity index (χ2v) is 8.71. The number of hydrogen-bond donors (Lipinski definition) is 0. The van der Waals surface area contributed by atoms with E-state index in [0.29, 0.717) is 36.4 Å². The first-order valence-electron chi connectivity index (χ1n) is 10.6. The van der Waals surface area contributed by atoms with Crippen LogP contribution in [0.4, 0.5) is 0 Å². The summed E-state index contributed by atoms with van der Waals surface area (Å²) in [4.78, 5) is 21.6. The number of aromatic nitrogens is 2. The van der Waals surface area contributed by atoms with Crippen molar-refractivity contribution >= 4 is 17.5 Å². The molecule has 162 valence electrons. The number of rotatable bonds is 6. The summed E-state index contributed by atoms with van der Waals surface area (Å²) < 4.78 is 5.45. The lowest BCUT2D eigenvalue weighted by Gasteiger charge is -2.33. The van der Waals surface area contributed by atoms with E-state index >= 15 is 0 Å². The van der Waals surface area contributed by atoms with Crippen LogP contribution in [0.2, 0.25) is 5.02 Å². The van der Waals surface area contributed by atoms with Gasteiger partial charge < -0.3 is 9.42 Å². The zero-order chi connectivity index (χ0) is 21.8. The Morgan fingerprint density at radius 1 is 1.26 bits per heavy atom. The first-order chi connectivity index (χ1) is 15.0. The van der Waals surface area contributed by atoms with Gasteiger partial charge in [0.15, 0.2) is 0 Å². The van der Waals surface area contributed by atoms with Crippen molar-refractivity contribution in [3.05, 3.63) is 70.6 Å². The fourth-order valence-corrected chi connectivity index (χ4v) is 4.20. The summed E-state index contributed by atoms with van der Waals surface area (Å²) in [6.45, 7) is 4.85. The Bertz CT molecular complexity index is 1030. The maximum absolute atomic E-state index is 13.0. The molecule has 1 amide bonds. The van der Waals surface area contributed by atoms with Crippen molar-refractivity contribution in [1.29, 1.82) is 0 Å². The van der Waals surface area contributed by atoms with E-state index in [1.54, 1.807) is 0 Å². The molecule has 0 aliphatic carbocycles. The number of hydrogen-bond acceptors (Lipinski definition) is 5. The molecule has 4 rings (SSSR count). The molecule has 1 atom stereocenters. The molecule has 6 nitrogen and oxygen atoms in total. The van der Waals surface area contributed by atoms with Crippen molar-refractivity contribution < 1.29 is 9.32 Å². The van der Waals surface area contributed by atoms with Gasteiger partial charge in [-0.25, -0.2) is 0 Å². The van der Waals surface area contributed by atoms with Gasteiger partial charge in [-0.1, -0.05) is 58.7 Å². The summed E-state index contributed by atoms with van der Waals surface area (Å²) in [6, 6.07) is 15.7. The van der Waals surface area contributed by atoms with Gasteiger partial charge in [-0.05, 0) is 44.0 Å². The molecular weight excluding hydrogens is 412 g/mol. The molecule has 1 saturated heterocycles. The third kappa shape index (κ3) is 5.51. The lowest BCUT2D eigenvalue weighted by atomic mass is 9.96. The average molecular weight is 439 g/mol. The van der Waals surface area contributed by atoms with Crippen LogP contribution in [0.15, 0.2) is 53.1 Å². The van der Waals surface area contributed by atoms with Gasteiger partial charge in [-0.15, -0.1) is 0 Å². The maximum atomic E-state index is 13.0. The molecule has 2 heterocycles. The minimum absolute atomic E-state index is 0.0143. The molecule has 0 spiro atoms. The van der Waals surface area contributed by atoms with E-state index in [4.69, 9.17) is 16.1 Å². The van der Waals surface area contributed by atoms with Gasteiger partial charge in [0.2, 0.25) is 17.6 Å². The highest BCUT2D eigenvalue weighted by molar-refractivity contribution is 6.30. The molecule has 1 fully saturated rings. The van der Waals surface area contributed by atoms with Gasteiger partial charge in [0.1, 0.15) is 0 Å². The number of nitrogens with zero attached hydrogens (tertiary/aromatic N) is 4. The fourth-order valence-electron chi connectivity index (χ4n) is 4.01. The zero-order valence-corrected chi connectivity index (χ0v) is 18.7. The molecule has 3 aromatic rings. The van der Waals surface area contributed by atoms with Crippen molar-refractivity contribution in [2.45, 2.75) is 32.9 Å². The van der Waals surface area contributed by atoms with Crippen LogP contribution >= 0.6 is 11.6 Å². The van der Waals surface area contributed by atoms with Crippen LogP contribution in [-0.4, -0.2) is 46.0 Å². The summed E-state index contributed by atoms with van der Waals surface area (Å²) in [5, 5.41) is 4.72. The minimum Gasteiger partial charge on any atom is -0.341 e. The van der Waals surface area contributed by atoms with Crippen LogP contribution in [0, 0.1) is 12.8 Å². The first-order valence-corrected chi connectivity index (χ1v) is 11.0. The molecular formula is C24H27ClN4O2. The first kappa shape index (κ1) is 21.5. The zero-order valence-electron chi connectivity index (χ0n) is 17.9. The van der Waals surface area contributed by atoms with Crippen LogP contribution in [-0.2, 0) is 17.9 Å². The van der Waals surface area contributed by atoms with Gasteiger partial charge in [-0.3, -0.25) is 9.69 Å². The second kappa shape index (κ2) is 9.62. The van der Waals surface area contributed by atoms with Crippen LogP contribution in [0.1, 0.15) is 29.9 Å². The summed E-state index contributed by atoms with van der Waals surface area (Å²) in [7, 11) is 1.89. The highest BCUT2D eigenvalue weighted by Gasteiger charge is 2.29. The third-order valence-electron chi connectivity index (χ3n) is 5.68. The average Bonchev–Trinajstić information content (AvgIpc) is 3.23. The molecule has 0 saturated carbocycles. The Morgan fingerprint density at radius 3 is 2.84 bits per heavy atom. The fraction of sp³-hybridized carbons (Fsp3) is 0.375. The topological polar surface area (TPSA) is 62.5 Å². The molecule has 1 aliphatic heterocycles. The minimum atomic E-state index is -0.0143. The smallest absolute Gasteiger partial charge is 0.241 e. The van der Waals surface area contributed by atoms with E-state index in [1.807, 2.05) is 36.2 Å². The normalized spacial score (nSPS) is 16.9. The number of carbonyl (C=O) groups is 1. The van der Waals surface area contributed by atoms with E-state index in [0.717, 1.165) is 30.5 Å². The molecule has 0 radical (unpaired) electrons. The van der Waals surface area contributed by atoms with Gasteiger partial charge in [0.05, 0.1) is 12.5 Å². The Labute approximate surface area is 187 Å². The summed E-state index contributed by atoms with van der Waals surface area (Å²) >= 11 is 6.06. The van der Waals surface area contributed by atoms with Crippen LogP contribution < -0.4 is 0 Å². The number of carbonyl (C=O) groups excluding carboxylic acids is 1. The Morgan fingerprint density at radius 2 is 2.06 bits per heavy atom. The number of amides is 1. The highest BCUT2D eigenvalue weighted by atomic mass is 35.5. The molecule has 1 aliphatic rings. The molecule has 1 aromatic heterocycles. The van der Waals surface area contributed by atoms with Gasteiger partial charge in [-0.2, -0.15) is 4.98 Å². The van der Waals surface area contributed by atoms with Crippen molar-refractivity contribution in [3.63, 3.8) is 0 Å². The third-order valence-corrected chi connectivity index (χ3v) is 5.92. The predicted molar refractivity (Wildman–Crippen MR) is 120 cm³/mol. The Hall–Kier alpha value is -2.70. The SMILES string of the molecule is Cc1ccc(CN(C)C(=O)C2CCCN(Cc3nc(-c4cccc(Cl)c4)no3)C2)cc1. The standard InChI is InChI=1S/C24H27ClN4O2/c1-17-8-10-18(11-9-17)14-28(2)24(30)20-6-4-12-29(15-20)16-22-26-23(27-31-22)19-5-3-7-21(25)13-19/h3,5,7-11,13,20H,4,6,12,14-16H2,1-2H3. The number of halogens is 1. The van der Waals surface area contributed by atoms with Gasteiger partial charge in [0, 0.05) is 30.7 Å². The van der Waals surface area contributed by atoms with Crippen LogP contribution in [0.3, 0.4) is 0 Å². The van der Waals surface area contributed by atoms with Crippen molar-refractivity contribution in [1.82, 2.24) is 19.9 Å². The highest BCUT2D eigenvalue weighted by Crippen LogP contribution is 2.23. The molecule has 31 heavy (non-hydrogen) atoms. The molecule has 2 aromatic carbocycles. The summed E-state index contributed by atoms with van der Waals surface area (Å²) in [5.41, 5.74) is 3.20. The van der Waals surface area contributed by atoms with Crippen molar-refractivity contribution in [2.24, 2.45) is 5.92 Å². The van der Waals surface area contributed by atoms with Crippen molar-refractivity contribution in [2.75, 3.05) is 20.1 Å². The number of piperidine rings is 1. The van der Waals surface area contributed by atoms with Crippen LogP contribution in [0.25, 0.3) is 11.4 Å². The van der Waals surface area contributed by atoms with Gasteiger partial charge >= 0.3 is 0 Å². The molecule has 7 heteroatoms. The lowest BCUT2D eigenvalue weighted by Crippen LogP contribution is -2.43. The monoisotopic (exact) mass is 438 g/mol. The molecule has 1 unspecified atom stereocenters. The van der Waals surface area contributed by atoms with E-state index < -0.39 is 0 Å². The predicted octanol–water partition coefficient (Wildman–Crippen LogP) is 4.57. The number of likely N-dealkylation sites (tertiary alicyclic amines) is 1. The maximum Gasteiger partial charge on any atom is 0.241 e. The second-order valence-electron chi connectivity index (χ2n) is 8.28. The Kier molecular flexibility index (Phi) is 6.68. The summed E-state index contributed by atoms with van der Waals surface area (Å²) in [6.07, 6.45) is 1.88. The lowest BCUT2D eigenvalue weighted by molar-refractivity contribution is -0.136. The molecule has 0 bridgehead atoms. The Balaban J connectivity index is 1.35.